The Kier molecular flexibility index (Phi) is 2.70. The van der Waals surface area contributed by atoms with Gasteiger partial charge in [0.05, 0.1) is 5.69 Å². The molecule has 90 valence electrons. The van der Waals surface area contributed by atoms with Gasteiger partial charge < -0.3 is 0 Å². The van der Waals surface area contributed by atoms with Crippen LogP contribution in [0, 0.1) is 18.3 Å². The lowest BCUT2D eigenvalue weighted by Gasteiger charge is -2.06. The molecule has 3 nitrogen and oxygen atoms in total. The number of hydrogen-bond acceptors (Lipinski definition) is 3. The van der Waals surface area contributed by atoms with E-state index in [0.29, 0.717) is 0 Å². The van der Waals surface area contributed by atoms with E-state index in [1.165, 1.54) is 0 Å². The van der Waals surface area contributed by atoms with Crippen LogP contribution in [0.15, 0.2) is 48.5 Å². The summed E-state index contributed by atoms with van der Waals surface area (Å²) in [6.45, 7) is 1.87. The Balaban J connectivity index is 2.31. The number of hydrogen-bond donors (Lipinski definition) is 0. The molecule has 0 spiro atoms. The Morgan fingerprint density at radius 3 is 2.63 bits per heavy atom. The van der Waals surface area contributed by atoms with Gasteiger partial charge in [-0.1, -0.05) is 42.5 Å². The predicted molar refractivity (Wildman–Crippen MR) is 74.4 cm³/mol. The number of aryl methyl sites for hydroxylation is 1. The highest BCUT2D eigenvalue weighted by Gasteiger charge is 2.07. The van der Waals surface area contributed by atoms with Gasteiger partial charge in [-0.25, -0.2) is 9.97 Å². The molecule has 0 unspecified atom stereocenters. The van der Waals surface area contributed by atoms with Gasteiger partial charge in [-0.05, 0) is 23.8 Å². The maximum Gasteiger partial charge on any atom is 0.232 e. The minimum Gasteiger partial charge on any atom is -0.224 e. The standard InChI is InChI=1S/C16H11N3/c1-11-9-15(19-16(10-17)18-11)14-8-4-6-12-5-2-3-7-13(12)14/h2-9H,1H3. The minimum atomic E-state index is 0.211. The fourth-order valence-electron chi connectivity index (χ4n) is 2.21. The molecule has 0 amide bonds. The van der Waals surface area contributed by atoms with Crippen LogP contribution in [-0.4, -0.2) is 9.97 Å². The zero-order chi connectivity index (χ0) is 13.2. The maximum atomic E-state index is 8.97. The van der Waals surface area contributed by atoms with Crippen molar-refractivity contribution in [3.8, 4) is 17.3 Å². The van der Waals surface area contributed by atoms with Crippen molar-refractivity contribution in [3.05, 3.63) is 60.0 Å². The third-order valence-electron chi connectivity index (χ3n) is 3.02. The molecule has 19 heavy (non-hydrogen) atoms. The van der Waals surface area contributed by atoms with Gasteiger partial charge in [0.2, 0.25) is 5.82 Å². The molecule has 0 atom stereocenters. The minimum absolute atomic E-state index is 0.211. The first kappa shape index (κ1) is 11.4. The second kappa shape index (κ2) is 4.51. The summed E-state index contributed by atoms with van der Waals surface area (Å²) in [5.41, 5.74) is 2.62. The molecule has 1 aromatic heterocycles. The summed E-state index contributed by atoms with van der Waals surface area (Å²) in [5.74, 6) is 0.211. The maximum absolute atomic E-state index is 8.97. The highest BCUT2D eigenvalue weighted by atomic mass is 14.9. The average Bonchev–Trinajstić information content (AvgIpc) is 2.46. The lowest BCUT2D eigenvalue weighted by atomic mass is 10.0. The van der Waals surface area contributed by atoms with Crippen LogP contribution in [0.5, 0.6) is 0 Å². The first-order valence-corrected chi connectivity index (χ1v) is 6.02. The van der Waals surface area contributed by atoms with Gasteiger partial charge in [-0.3, -0.25) is 0 Å². The molecule has 0 fully saturated rings. The summed E-state index contributed by atoms with van der Waals surface area (Å²) in [6.07, 6.45) is 0. The molecule has 0 radical (unpaired) electrons. The van der Waals surface area contributed by atoms with E-state index in [1.807, 2.05) is 43.3 Å². The first-order chi connectivity index (χ1) is 9.28. The lowest BCUT2D eigenvalue weighted by molar-refractivity contribution is 1.07. The van der Waals surface area contributed by atoms with Gasteiger partial charge in [-0.2, -0.15) is 5.26 Å². The van der Waals surface area contributed by atoms with Gasteiger partial charge in [0, 0.05) is 11.3 Å². The van der Waals surface area contributed by atoms with E-state index in [4.69, 9.17) is 5.26 Å². The Hall–Kier alpha value is -2.73. The fourth-order valence-corrected chi connectivity index (χ4v) is 2.21. The van der Waals surface area contributed by atoms with E-state index in [2.05, 4.69) is 28.2 Å². The molecule has 3 heteroatoms. The van der Waals surface area contributed by atoms with E-state index in [-0.39, 0.29) is 5.82 Å². The van der Waals surface area contributed by atoms with Crippen LogP contribution in [-0.2, 0) is 0 Å². The highest BCUT2D eigenvalue weighted by molar-refractivity contribution is 5.95. The van der Waals surface area contributed by atoms with Crippen LogP contribution in [0.4, 0.5) is 0 Å². The quantitative estimate of drug-likeness (QED) is 0.659. The molecule has 3 rings (SSSR count). The second-order valence-corrected chi connectivity index (χ2v) is 4.36. The molecule has 1 heterocycles. The summed E-state index contributed by atoms with van der Waals surface area (Å²) < 4.78 is 0. The van der Waals surface area contributed by atoms with Gasteiger partial charge in [0.15, 0.2) is 0 Å². The zero-order valence-corrected chi connectivity index (χ0v) is 10.5. The van der Waals surface area contributed by atoms with Crippen molar-refractivity contribution < 1.29 is 0 Å². The van der Waals surface area contributed by atoms with Crippen molar-refractivity contribution in [2.24, 2.45) is 0 Å². The third-order valence-corrected chi connectivity index (χ3v) is 3.02. The summed E-state index contributed by atoms with van der Waals surface area (Å²) in [5, 5.41) is 11.3. The number of rotatable bonds is 1. The zero-order valence-electron chi connectivity index (χ0n) is 10.5. The van der Waals surface area contributed by atoms with Crippen LogP contribution in [0.25, 0.3) is 22.0 Å². The normalized spacial score (nSPS) is 10.3. The molecular weight excluding hydrogens is 234 g/mol. The van der Waals surface area contributed by atoms with Crippen LogP contribution in [0.1, 0.15) is 11.5 Å². The smallest absolute Gasteiger partial charge is 0.224 e. The van der Waals surface area contributed by atoms with Crippen molar-refractivity contribution in [3.63, 3.8) is 0 Å². The van der Waals surface area contributed by atoms with E-state index in [1.54, 1.807) is 0 Å². The molecule has 0 bridgehead atoms. The number of aromatic nitrogens is 2. The van der Waals surface area contributed by atoms with Gasteiger partial charge in [-0.15, -0.1) is 0 Å². The van der Waals surface area contributed by atoms with E-state index in [0.717, 1.165) is 27.7 Å². The Bertz CT molecular complexity index is 795. The van der Waals surface area contributed by atoms with Crippen molar-refractivity contribution in [1.29, 1.82) is 5.26 Å². The van der Waals surface area contributed by atoms with E-state index >= 15 is 0 Å². The molecule has 0 saturated heterocycles. The molecule has 0 N–H and O–H groups in total. The van der Waals surface area contributed by atoms with Crippen LogP contribution in [0.2, 0.25) is 0 Å². The van der Waals surface area contributed by atoms with Gasteiger partial charge in [0.1, 0.15) is 6.07 Å². The lowest BCUT2D eigenvalue weighted by Crippen LogP contribution is -1.95. The van der Waals surface area contributed by atoms with Gasteiger partial charge in [0.25, 0.3) is 0 Å². The molecule has 0 aliphatic rings. The number of fused-ring (bicyclic) bond motifs is 1. The average molecular weight is 245 g/mol. The summed E-state index contributed by atoms with van der Waals surface area (Å²) in [6, 6.07) is 18.1. The molecule has 0 aliphatic carbocycles. The van der Waals surface area contributed by atoms with Gasteiger partial charge >= 0.3 is 0 Å². The molecule has 0 aliphatic heterocycles. The van der Waals surface area contributed by atoms with Crippen LogP contribution < -0.4 is 0 Å². The Morgan fingerprint density at radius 2 is 1.79 bits per heavy atom. The molecule has 3 aromatic rings. The van der Waals surface area contributed by atoms with E-state index < -0.39 is 0 Å². The molecule has 0 saturated carbocycles. The fraction of sp³-hybridized carbons (Fsp3) is 0.0625. The number of nitrogens with zero attached hydrogens (tertiary/aromatic N) is 3. The predicted octanol–water partition coefficient (Wildman–Crippen LogP) is 3.48. The SMILES string of the molecule is Cc1cc(-c2cccc3ccccc23)nc(C#N)n1. The number of benzene rings is 2. The second-order valence-electron chi connectivity index (χ2n) is 4.36. The van der Waals surface area contributed by atoms with Crippen LogP contribution in [0.3, 0.4) is 0 Å². The van der Waals surface area contributed by atoms with Crippen molar-refractivity contribution in [2.45, 2.75) is 6.92 Å². The molecule has 2 aromatic carbocycles. The highest BCUT2D eigenvalue weighted by Crippen LogP contribution is 2.27. The number of nitriles is 1. The Labute approximate surface area is 111 Å². The van der Waals surface area contributed by atoms with Crippen LogP contribution >= 0.6 is 0 Å². The topological polar surface area (TPSA) is 49.6 Å². The van der Waals surface area contributed by atoms with E-state index in [9.17, 15) is 0 Å². The monoisotopic (exact) mass is 245 g/mol. The van der Waals surface area contributed by atoms with Crippen molar-refractivity contribution >= 4 is 10.8 Å². The largest absolute Gasteiger partial charge is 0.232 e. The third kappa shape index (κ3) is 2.04. The Morgan fingerprint density at radius 1 is 1.00 bits per heavy atom. The summed E-state index contributed by atoms with van der Waals surface area (Å²) in [7, 11) is 0. The summed E-state index contributed by atoms with van der Waals surface area (Å²) in [4.78, 5) is 8.39. The van der Waals surface area contributed by atoms with Crippen molar-refractivity contribution in [2.75, 3.05) is 0 Å². The molecular formula is C16H11N3. The van der Waals surface area contributed by atoms with Crippen molar-refractivity contribution in [1.82, 2.24) is 9.97 Å². The first-order valence-electron chi connectivity index (χ1n) is 6.02. The summed E-state index contributed by atoms with van der Waals surface area (Å²) >= 11 is 0.